The predicted octanol–water partition coefficient (Wildman–Crippen LogP) is 3.11. The molecule has 0 heterocycles. The minimum absolute atomic E-state index is 0.523. The second-order valence-corrected chi connectivity index (χ2v) is 5.72. The van der Waals surface area contributed by atoms with Crippen molar-refractivity contribution in [3.63, 3.8) is 0 Å². The lowest BCUT2D eigenvalue weighted by Gasteiger charge is -2.39. The maximum Gasteiger partial charge on any atom is 0.0905 e. The van der Waals surface area contributed by atoms with Crippen LogP contribution in [0.4, 0.5) is 0 Å². The molecule has 2 heteroatoms. The molecule has 0 aromatic carbocycles. The minimum Gasteiger partial charge on any atom is -0.390 e. The molecule has 1 atom stereocenters. The molecule has 0 saturated heterocycles. The molecule has 0 amide bonds. The maximum atomic E-state index is 10.4. The van der Waals surface area contributed by atoms with E-state index in [2.05, 4.69) is 20.8 Å². The monoisotopic (exact) mass is 228 g/mol. The summed E-state index contributed by atoms with van der Waals surface area (Å²) in [5.41, 5.74) is -0.797. The molecule has 2 N–H and O–H groups in total. The van der Waals surface area contributed by atoms with Crippen LogP contribution >= 0.6 is 0 Å². The third kappa shape index (κ3) is 3.46. The Morgan fingerprint density at radius 1 is 1.19 bits per heavy atom. The van der Waals surface area contributed by atoms with Gasteiger partial charge in [-0.05, 0) is 43.9 Å². The topological polar surface area (TPSA) is 40.5 Å². The highest BCUT2D eigenvalue weighted by molar-refractivity contribution is 4.91. The summed E-state index contributed by atoms with van der Waals surface area (Å²) in [6.45, 7) is 6.55. The van der Waals surface area contributed by atoms with E-state index in [0.717, 1.165) is 44.9 Å². The maximum absolute atomic E-state index is 10.4. The van der Waals surface area contributed by atoms with Crippen LogP contribution in [-0.4, -0.2) is 21.9 Å². The average molecular weight is 228 g/mol. The highest BCUT2D eigenvalue weighted by atomic mass is 16.3. The molecule has 1 saturated carbocycles. The normalized spacial score (nSPS) is 33.0. The van der Waals surface area contributed by atoms with E-state index in [1.807, 2.05) is 0 Å². The molecule has 1 fully saturated rings. The van der Waals surface area contributed by atoms with Gasteiger partial charge in [-0.3, -0.25) is 0 Å². The third-order valence-corrected chi connectivity index (χ3v) is 4.47. The quantitative estimate of drug-likeness (QED) is 0.759. The second kappa shape index (κ2) is 6.02. The summed E-state index contributed by atoms with van der Waals surface area (Å²) in [5, 5.41) is 20.6. The number of hydrogen-bond donors (Lipinski definition) is 2. The summed E-state index contributed by atoms with van der Waals surface area (Å²) in [4.78, 5) is 0. The zero-order chi connectivity index (χ0) is 12.2. The van der Waals surface area contributed by atoms with Gasteiger partial charge < -0.3 is 10.2 Å². The number of hydrogen-bond acceptors (Lipinski definition) is 2. The Balaban J connectivity index is 2.48. The van der Waals surface area contributed by atoms with Crippen LogP contribution < -0.4 is 0 Å². The van der Waals surface area contributed by atoms with Crippen molar-refractivity contribution in [2.75, 3.05) is 0 Å². The van der Waals surface area contributed by atoms with Crippen molar-refractivity contribution in [1.82, 2.24) is 0 Å². The lowest BCUT2D eigenvalue weighted by Crippen LogP contribution is -2.45. The molecule has 0 radical (unpaired) electrons. The number of rotatable bonds is 5. The SMILES string of the molecule is CCC(CC)CC(O)C1(O)CCC(C)CC1. The van der Waals surface area contributed by atoms with Gasteiger partial charge in [-0.1, -0.05) is 33.6 Å². The third-order valence-electron chi connectivity index (χ3n) is 4.47. The molecule has 0 aromatic heterocycles. The largest absolute Gasteiger partial charge is 0.390 e. The molecule has 1 rings (SSSR count). The van der Waals surface area contributed by atoms with Gasteiger partial charge in [-0.2, -0.15) is 0 Å². The predicted molar refractivity (Wildman–Crippen MR) is 67.3 cm³/mol. The highest BCUT2D eigenvalue weighted by Gasteiger charge is 2.38. The molecule has 0 aromatic rings. The van der Waals surface area contributed by atoms with Crippen molar-refractivity contribution in [2.45, 2.75) is 77.4 Å². The van der Waals surface area contributed by atoms with Crippen LogP contribution in [0.3, 0.4) is 0 Å². The van der Waals surface area contributed by atoms with E-state index in [9.17, 15) is 10.2 Å². The van der Waals surface area contributed by atoms with Crippen molar-refractivity contribution in [1.29, 1.82) is 0 Å². The van der Waals surface area contributed by atoms with Crippen molar-refractivity contribution in [3.8, 4) is 0 Å². The number of aliphatic hydroxyl groups is 2. The van der Waals surface area contributed by atoms with Crippen LogP contribution in [0.15, 0.2) is 0 Å². The molecule has 1 aliphatic rings. The van der Waals surface area contributed by atoms with Gasteiger partial charge in [-0.25, -0.2) is 0 Å². The Bertz CT molecular complexity index is 191. The molecule has 1 unspecified atom stereocenters. The molecule has 16 heavy (non-hydrogen) atoms. The summed E-state index contributed by atoms with van der Waals surface area (Å²) in [7, 11) is 0. The first kappa shape index (κ1) is 14.0. The van der Waals surface area contributed by atoms with Gasteiger partial charge in [0.05, 0.1) is 11.7 Å². The first-order chi connectivity index (χ1) is 7.51. The van der Waals surface area contributed by atoms with E-state index in [0.29, 0.717) is 11.8 Å². The Labute approximate surface area is 100 Å². The lowest BCUT2D eigenvalue weighted by atomic mass is 9.74. The summed E-state index contributed by atoms with van der Waals surface area (Å²) in [5.74, 6) is 1.26. The molecular weight excluding hydrogens is 200 g/mol. The highest BCUT2D eigenvalue weighted by Crippen LogP contribution is 2.36. The lowest BCUT2D eigenvalue weighted by molar-refractivity contribution is -0.110. The molecular formula is C14H28O2. The van der Waals surface area contributed by atoms with Crippen molar-refractivity contribution in [2.24, 2.45) is 11.8 Å². The van der Waals surface area contributed by atoms with Crippen molar-refractivity contribution < 1.29 is 10.2 Å². The fraction of sp³-hybridized carbons (Fsp3) is 1.00. The first-order valence-electron chi connectivity index (χ1n) is 6.92. The van der Waals surface area contributed by atoms with E-state index in [1.54, 1.807) is 0 Å². The van der Waals surface area contributed by atoms with Crippen LogP contribution in [-0.2, 0) is 0 Å². The Morgan fingerprint density at radius 3 is 2.12 bits per heavy atom. The fourth-order valence-electron chi connectivity index (χ4n) is 2.75. The summed E-state index contributed by atoms with van der Waals surface area (Å²) in [6, 6.07) is 0. The van der Waals surface area contributed by atoms with Gasteiger partial charge >= 0.3 is 0 Å². The van der Waals surface area contributed by atoms with Crippen LogP contribution in [0.5, 0.6) is 0 Å². The smallest absolute Gasteiger partial charge is 0.0905 e. The van der Waals surface area contributed by atoms with Crippen LogP contribution in [0, 0.1) is 11.8 Å². The molecule has 0 bridgehead atoms. The zero-order valence-corrected chi connectivity index (χ0v) is 11.1. The molecule has 2 nitrogen and oxygen atoms in total. The Hall–Kier alpha value is -0.0800. The van der Waals surface area contributed by atoms with Gasteiger partial charge in [0, 0.05) is 0 Å². The molecule has 1 aliphatic carbocycles. The van der Waals surface area contributed by atoms with E-state index in [1.165, 1.54) is 0 Å². The van der Waals surface area contributed by atoms with Gasteiger partial charge in [-0.15, -0.1) is 0 Å². The summed E-state index contributed by atoms with van der Waals surface area (Å²) >= 11 is 0. The van der Waals surface area contributed by atoms with Crippen LogP contribution in [0.2, 0.25) is 0 Å². The average Bonchev–Trinajstić information content (AvgIpc) is 2.29. The van der Waals surface area contributed by atoms with Gasteiger partial charge in [0.2, 0.25) is 0 Å². The van der Waals surface area contributed by atoms with Crippen LogP contribution in [0.25, 0.3) is 0 Å². The van der Waals surface area contributed by atoms with E-state index < -0.39 is 11.7 Å². The van der Waals surface area contributed by atoms with Crippen LogP contribution in [0.1, 0.15) is 65.7 Å². The fourth-order valence-corrected chi connectivity index (χ4v) is 2.75. The summed E-state index contributed by atoms with van der Waals surface area (Å²) < 4.78 is 0. The molecule has 0 aliphatic heterocycles. The molecule has 0 spiro atoms. The first-order valence-corrected chi connectivity index (χ1v) is 6.92. The zero-order valence-electron chi connectivity index (χ0n) is 11.1. The van der Waals surface area contributed by atoms with Crippen molar-refractivity contribution >= 4 is 0 Å². The minimum atomic E-state index is -0.797. The summed E-state index contributed by atoms with van der Waals surface area (Å²) in [6.07, 6.45) is 6.08. The Morgan fingerprint density at radius 2 is 1.69 bits per heavy atom. The van der Waals surface area contributed by atoms with Gasteiger partial charge in [0.1, 0.15) is 0 Å². The van der Waals surface area contributed by atoms with Crippen molar-refractivity contribution in [3.05, 3.63) is 0 Å². The second-order valence-electron chi connectivity index (χ2n) is 5.72. The number of aliphatic hydroxyl groups excluding tert-OH is 1. The van der Waals surface area contributed by atoms with E-state index in [-0.39, 0.29) is 0 Å². The standard InChI is InChI=1S/C14H28O2/c1-4-12(5-2)10-13(15)14(16)8-6-11(3)7-9-14/h11-13,15-16H,4-10H2,1-3H3. The van der Waals surface area contributed by atoms with Gasteiger partial charge in [0.25, 0.3) is 0 Å². The van der Waals surface area contributed by atoms with Gasteiger partial charge in [0.15, 0.2) is 0 Å². The molecule has 96 valence electrons. The van der Waals surface area contributed by atoms with E-state index >= 15 is 0 Å². The Kier molecular flexibility index (Phi) is 5.26. The van der Waals surface area contributed by atoms with E-state index in [4.69, 9.17) is 0 Å².